The third kappa shape index (κ3) is 11.9. The Labute approximate surface area is 228 Å². The molecular formula is C30H33N3O6. The molecule has 1 aromatic heterocycles. The summed E-state index contributed by atoms with van der Waals surface area (Å²) in [6.07, 6.45) is 10.0. The topological polar surface area (TPSA) is 129 Å². The van der Waals surface area contributed by atoms with E-state index in [1.54, 1.807) is 25.6 Å². The van der Waals surface area contributed by atoms with Crippen molar-refractivity contribution in [3.63, 3.8) is 0 Å². The molecule has 1 heterocycles. The zero-order valence-corrected chi connectivity index (χ0v) is 22.2. The molecule has 0 saturated heterocycles. The van der Waals surface area contributed by atoms with E-state index < -0.39 is 11.9 Å². The lowest BCUT2D eigenvalue weighted by Gasteiger charge is -2.12. The molecule has 0 aliphatic rings. The second-order valence-corrected chi connectivity index (χ2v) is 8.62. The summed E-state index contributed by atoms with van der Waals surface area (Å²) in [5.74, 6) is -1.80. The van der Waals surface area contributed by atoms with Gasteiger partial charge in [-0.3, -0.25) is 9.78 Å². The van der Waals surface area contributed by atoms with Gasteiger partial charge in [-0.05, 0) is 98.2 Å². The van der Waals surface area contributed by atoms with Crippen molar-refractivity contribution < 1.29 is 29.3 Å². The van der Waals surface area contributed by atoms with E-state index in [-0.39, 0.29) is 5.91 Å². The number of methoxy groups -OCH3 is 1. The number of anilines is 1. The van der Waals surface area contributed by atoms with Gasteiger partial charge >= 0.3 is 11.9 Å². The highest BCUT2D eigenvalue weighted by Crippen LogP contribution is 2.23. The van der Waals surface area contributed by atoms with Gasteiger partial charge < -0.3 is 25.2 Å². The Morgan fingerprint density at radius 2 is 1.51 bits per heavy atom. The number of carboxylic acid groups (broad SMARTS) is 2. The third-order valence-corrected chi connectivity index (χ3v) is 5.32. The Morgan fingerprint density at radius 1 is 0.897 bits per heavy atom. The Bertz CT molecular complexity index is 1270. The van der Waals surface area contributed by atoms with E-state index >= 15 is 0 Å². The van der Waals surface area contributed by atoms with Crippen LogP contribution in [0.3, 0.4) is 0 Å². The number of hydrogen-bond acceptors (Lipinski definition) is 6. The van der Waals surface area contributed by atoms with E-state index in [2.05, 4.69) is 35.4 Å². The first-order valence-corrected chi connectivity index (χ1v) is 12.1. The highest BCUT2D eigenvalue weighted by atomic mass is 16.5. The zero-order chi connectivity index (χ0) is 28.6. The highest BCUT2D eigenvalue weighted by Gasteiger charge is 2.05. The summed E-state index contributed by atoms with van der Waals surface area (Å²) in [5.41, 5.74) is 5.05. The molecule has 2 aromatic carbocycles. The van der Waals surface area contributed by atoms with Crippen LogP contribution in [-0.2, 0) is 20.8 Å². The summed E-state index contributed by atoms with van der Waals surface area (Å²) < 4.78 is 5.48. The molecule has 9 heteroatoms. The highest BCUT2D eigenvalue weighted by molar-refractivity contribution is 6.02. The molecule has 204 valence electrons. The van der Waals surface area contributed by atoms with E-state index in [1.165, 1.54) is 0 Å². The van der Waals surface area contributed by atoms with Crippen LogP contribution in [0.1, 0.15) is 17.5 Å². The van der Waals surface area contributed by atoms with Crippen LogP contribution < -0.4 is 10.1 Å². The molecule has 0 unspecified atom stereocenters. The molecule has 1 amide bonds. The van der Waals surface area contributed by atoms with Crippen molar-refractivity contribution >= 4 is 29.6 Å². The van der Waals surface area contributed by atoms with Gasteiger partial charge in [-0.2, -0.15) is 0 Å². The summed E-state index contributed by atoms with van der Waals surface area (Å²) in [6, 6.07) is 17.7. The Hall–Kier alpha value is -4.76. The number of aromatic nitrogens is 1. The van der Waals surface area contributed by atoms with Crippen LogP contribution in [-0.4, -0.2) is 65.7 Å². The second kappa shape index (κ2) is 16.2. The van der Waals surface area contributed by atoms with Crippen molar-refractivity contribution in [2.24, 2.45) is 0 Å². The average Bonchev–Trinajstić information content (AvgIpc) is 2.92. The van der Waals surface area contributed by atoms with E-state index in [0.29, 0.717) is 12.2 Å². The number of ether oxygens (including phenoxy) is 1. The summed E-state index contributed by atoms with van der Waals surface area (Å²) in [6.45, 7) is 1.02. The number of aliphatic carboxylic acids is 2. The van der Waals surface area contributed by atoms with Crippen molar-refractivity contribution in [2.45, 2.75) is 12.8 Å². The number of carbonyl (C=O) groups excluding carboxylic acids is 1. The van der Waals surface area contributed by atoms with Crippen LogP contribution in [0.25, 0.3) is 17.2 Å². The van der Waals surface area contributed by atoms with Gasteiger partial charge in [-0.15, -0.1) is 0 Å². The zero-order valence-electron chi connectivity index (χ0n) is 22.2. The Kier molecular flexibility index (Phi) is 12.6. The number of nitrogens with zero attached hydrogens (tertiary/aromatic N) is 2. The van der Waals surface area contributed by atoms with Crippen molar-refractivity contribution in [1.82, 2.24) is 9.88 Å². The average molecular weight is 532 g/mol. The van der Waals surface area contributed by atoms with Gasteiger partial charge in [0.25, 0.3) is 0 Å². The smallest absolute Gasteiger partial charge is 0.328 e. The van der Waals surface area contributed by atoms with E-state index in [1.807, 2.05) is 54.6 Å². The third-order valence-electron chi connectivity index (χ3n) is 5.32. The van der Waals surface area contributed by atoms with E-state index in [9.17, 15) is 14.4 Å². The minimum atomic E-state index is -1.26. The number of aryl methyl sites for hydroxylation is 1. The van der Waals surface area contributed by atoms with Crippen LogP contribution in [0, 0.1) is 0 Å². The maximum absolute atomic E-state index is 12.4. The van der Waals surface area contributed by atoms with Crippen molar-refractivity contribution in [1.29, 1.82) is 0 Å². The van der Waals surface area contributed by atoms with Crippen LogP contribution in [0.5, 0.6) is 5.75 Å². The van der Waals surface area contributed by atoms with Crippen LogP contribution >= 0.6 is 0 Å². The SMILES string of the molecule is COc1ccc(/C=C/C(=O)Nc2ccc(-c3ccncc3)cc2)cc1CCCN(C)C.O=C(O)/C=C\C(=O)O. The first kappa shape index (κ1) is 30.5. The summed E-state index contributed by atoms with van der Waals surface area (Å²) >= 11 is 0. The van der Waals surface area contributed by atoms with E-state index in [4.69, 9.17) is 14.9 Å². The fraction of sp³-hybridized carbons (Fsp3) is 0.200. The standard InChI is InChI=1S/C26H29N3O2.C4H4O4/c1-29(2)18-4-5-23-19-20(6-12-25(23)31-3)7-13-26(30)28-24-10-8-21(9-11-24)22-14-16-27-17-15-22;5-3(6)1-2-4(7)8/h6-17,19H,4-5,18H2,1-3H3,(H,28,30);1-2H,(H,5,6)(H,7,8)/b13-7+;2-1-. The van der Waals surface area contributed by atoms with Crippen molar-refractivity contribution in [3.05, 3.63) is 96.3 Å². The second-order valence-electron chi connectivity index (χ2n) is 8.62. The van der Waals surface area contributed by atoms with Gasteiger partial charge in [0.1, 0.15) is 5.75 Å². The normalized spacial score (nSPS) is 10.8. The predicted octanol–water partition coefficient (Wildman–Crippen LogP) is 4.62. The fourth-order valence-corrected chi connectivity index (χ4v) is 3.47. The lowest BCUT2D eigenvalue weighted by atomic mass is 10.0. The van der Waals surface area contributed by atoms with Gasteiger partial charge in [0.05, 0.1) is 7.11 Å². The molecule has 0 aliphatic heterocycles. The monoisotopic (exact) mass is 531 g/mol. The number of rotatable bonds is 11. The first-order chi connectivity index (χ1) is 18.7. The molecule has 0 atom stereocenters. The lowest BCUT2D eigenvalue weighted by Crippen LogP contribution is -2.13. The molecule has 0 aliphatic carbocycles. The number of amides is 1. The molecule has 9 nitrogen and oxygen atoms in total. The maximum Gasteiger partial charge on any atom is 0.328 e. The molecule has 0 bridgehead atoms. The molecule has 39 heavy (non-hydrogen) atoms. The van der Waals surface area contributed by atoms with Gasteiger partial charge in [-0.25, -0.2) is 9.59 Å². The molecule has 3 rings (SSSR count). The predicted molar refractivity (Wildman–Crippen MR) is 152 cm³/mol. The molecule has 3 aromatic rings. The molecule has 0 radical (unpaired) electrons. The molecule has 3 N–H and O–H groups in total. The number of nitrogens with one attached hydrogen (secondary N) is 1. The minimum Gasteiger partial charge on any atom is -0.496 e. The molecular weight excluding hydrogens is 498 g/mol. The number of benzene rings is 2. The number of carboxylic acids is 2. The molecule has 0 fully saturated rings. The Balaban J connectivity index is 0.000000580. The van der Waals surface area contributed by atoms with E-state index in [0.717, 1.165) is 53.1 Å². The number of carbonyl (C=O) groups is 3. The number of pyridine rings is 1. The largest absolute Gasteiger partial charge is 0.496 e. The molecule has 0 saturated carbocycles. The van der Waals surface area contributed by atoms with Gasteiger partial charge in [0, 0.05) is 36.3 Å². The van der Waals surface area contributed by atoms with Gasteiger partial charge in [0.15, 0.2) is 0 Å². The van der Waals surface area contributed by atoms with Crippen LogP contribution in [0.15, 0.2) is 85.2 Å². The van der Waals surface area contributed by atoms with Crippen molar-refractivity contribution in [2.75, 3.05) is 33.1 Å². The summed E-state index contributed by atoms with van der Waals surface area (Å²) in [7, 11) is 5.83. The van der Waals surface area contributed by atoms with Crippen LogP contribution in [0.2, 0.25) is 0 Å². The first-order valence-electron chi connectivity index (χ1n) is 12.1. The van der Waals surface area contributed by atoms with Gasteiger partial charge in [-0.1, -0.05) is 18.2 Å². The summed E-state index contributed by atoms with van der Waals surface area (Å²) in [4.78, 5) is 37.7. The number of hydrogen-bond donors (Lipinski definition) is 3. The summed E-state index contributed by atoms with van der Waals surface area (Å²) in [5, 5.41) is 18.5. The molecule has 0 spiro atoms. The quantitative estimate of drug-likeness (QED) is 0.306. The van der Waals surface area contributed by atoms with Gasteiger partial charge in [0.2, 0.25) is 5.91 Å². The Morgan fingerprint density at radius 3 is 2.08 bits per heavy atom. The minimum absolute atomic E-state index is 0.165. The lowest BCUT2D eigenvalue weighted by molar-refractivity contribution is -0.134. The maximum atomic E-state index is 12.4. The fourth-order valence-electron chi connectivity index (χ4n) is 3.47. The van der Waals surface area contributed by atoms with Crippen molar-refractivity contribution in [3.8, 4) is 16.9 Å². The van der Waals surface area contributed by atoms with Crippen LogP contribution in [0.4, 0.5) is 5.69 Å².